The Bertz CT molecular complexity index is 640. The Kier molecular flexibility index (Phi) is 4.37. The molecule has 1 aromatic carbocycles. The molecule has 1 heterocycles. The van der Waals surface area contributed by atoms with Crippen LogP contribution in [0.25, 0.3) is 0 Å². The topological polar surface area (TPSA) is 98.2 Å². The number of hydrogen-bond acceptors (Lipinski definition) is 4. The molecule has 0 saturated heterocycles. The Morgan fingerprint density at radius 2 is 1.81 bits per heavy atom. The third-order valence-electron chi connectivity index (χ3n) is 3.27. The number of carbonyl (C=O) groups excluding carboxylic acids is 2. The number of aryl methyl sites for hydroxylation is 2. The van der Waals surface area contributed by atoms with Gasteiger partial charge in [0.1, 0.15) is 5.76 Å². The number of carbonyl (C=O) groups is 2. The number of benzene rings is 1. The van der Waals surface area contributed by atoms with Gasteiger partial charge >= 0.3 is 0 Å². The molecule has 2 aromatic rings. The summed E-state index contributed by atoms with van der Waals surface area (Å²) in [6.07, 6.45) is 0.659. The second-order valence-corrected chi connectivity index (χ2v) is 4.75. The predicted octanol–water partition coefficient (Wildman–Crippen LogP) is 1.36. The van der Waals surface area contributed by atoms with Crippen LogP contribution in [0.15, 0.2) is 28.8 Å². The second kappa shape index (κ2) is 6.21. The lowest BCUT2D eigenvalue weighted by molar-refractivity contribution is 0.0951. The number of nitrogens with two attached hydrogens (primary N) is 1. The first kappa shape index (κ1) is 14.8. The monoisotopic (exact) mass is 287 g/mol. The van der Waals surface area contributed by atoms with E-state index in [0.717, 1.165) is 17.0 Å². The average molecular weight is 287 g/mol. The summed E-state index contributed by atoms with van der Waals surface area (Å²) in [6.45, 7) is 4.20. The van der Waals surface area contributed by atoms with E-state index < -0.39 is 5.91 Å². The summed E-state index contributed by atoms with van der Waals surface area (Å²) in [4.78, 5) is 22.9. The third kappa shape index (κ3) is 3.47. The van der Waals surface area contributed by atoms with Gasteiger partial charge in [0.2, 0.25) is 5.91 Å². The highest BCUT2D eigenvalue weighted by molar-refractivity contribution is 5.97. The molecule has 0 aliphatic heterocycles. The van der Waals surface area contributed by atoms with Crippen molar-refractivity contribution >= 4 is 11.8 Å². The maximum atomic E-state index is 12.0. The molecule has 1 aromatic heterocycles. The van der Waals surface area contributed by atoms with Crippen LogP contribution in [-0.2, 0) is 6.42 Å². The van der Waals surface area contributed by atoms with Crippen LogP contribution in [0.5, 0.6) is 0 Å². The molecule has 0 unspecified atom stereocenters. The Balaban J connectivity index is 1.91. The summed E-state index contributed by atoms with van der Waals surface area (Å²) in [7, 11) is 0. The van der Waals surface area contributed by atoms with Gasteiger partial charge in [0.05, 0.1) is 5.69 Å². The van der Waals surface area contributed by atoms with E-state index in [9.17, 15) is 9.59 Å². The van der Waals surface area contributed by atoms with Gasteiger partial charge < -0.3 is 15.6 Å². The van der Waals surface area contributed by atoms with Crippen molar-refractivity contribution in [1.82, 2.24) is 10.5 Å². The fourth-order valence-corrected chi connectivity index (χ4v) is 2.05. The van der Waals surface area contributed by atoms with Gasteiger partial charge in [-0.1, -0.05) is 5.16 Å². The fraction of sp³-hybridized carbons (Fsp3) is 0.267. The Morgan fingerprint density at radius 1 is 1.19 bits per heavy atom. The van der Waals surface area contributed by atoms with E-state index in [2.05, 4.69) is 10.5 Å². The molecule has 0 bridgehead atoms. The maximum Gasteiger partial charge on any atom is 0.251 e. The molecule has 6 heteroatoms. The van der Waals surface area contributed by atoms with Crippen molar-refractivity contribution in [3.63, 3.8) is 0 Å². The lowest BCUT2D eigenvalue weighted by Gasteiger charge is -2.05. The summed E-state index contributed by atoms with van der Waals surface area (Å²) in [5.41, 5.74) is 7.86. The van der Waals surface area contributed by atoms with Gasteiger partial charge in [-0.2, -0.15) is 0 Å². The SMILES string of the molecule is Cc1noc(C)c1CCNC(=O)c1ccc(C(N)=O)cc1. The van der Waals surface area contributed by atoms with Crippen molar-refractivity contribution in [2.24, 2.45) is 5.73 Å². The van der Waals surface area contributed by atoms with Crippen molar-refractivity contribution in [2.75, 3.05) is 6.54 Å². The molecule has 0 fully saturated rings. The molecule has 0 radical (unpaired) electrons. The molecule has 0 spiro atoms. The van der Waals surface area contributed by atoms with Gasteiger partial charge in [-0.3, -0.25) is 9.59 Å². The van der Waals surface area contributed by atoms with Crippen LogP contribution in [0.3, 0.4) is 0 Å². The molecule has 0 atom stereocenters. The minimum atomic E-state index is -0.514. The van der Waals surface area contributed by atoms with Crippen molar-refractivity contribution in [2.45, 2.75) is 20.3 Å². The van der Waals surface area contributed by atoms with E-state index in [4.69, 9.17) is 10.3 Å². The van der Waals surface area contributed by atoms with Crippen LogP contribution in [-0.4, -0.2) is 23.5 Å². The predicted molar refractivity (Wildman–Crippen MR) is 77.0 cm³/mol. The normalized spacial score (nSPS) is 10.4. The highest BCUT2D eigenvalue weighted by Crippen LogP contribution is 2.12. The molecule has 2 amide bonds. The van der Waals surface area contributed by atoms with Crippen LogP contribution in [0.1, 0.15) is 37.7 Å². The standard InChI is InChI=1S/C15H17N3O3/c1-9-13(10(2)21-18-9)7-8-17-15(20)12-5-3-11(4-6-12)14(16)19/h3-6H,7-8H2,1-2H3,(H2,16,19)(H,17,20). The Hall–Kier alpha value is -2.63. The highest BCUT2D eigenvalue weighted by Gasteiger charge is 2.10. The maximum absolute atomic E-state index is 12.0. The first-order valence-electron chi connectivity index (χ1n) is 6.59. The van der Waals surface area contributed by atoms with Crippen molar-refractivity contribution < 1.29 is 14.1 Å². The molecule has 110 valence electrons. The largest absolute Gasteiger partial charge is 0.366 e. The summed E-state index contributed by atoms with van der Waals surface area (Å²) in [6, 6.07) is 6.22. The Labute approximate surface area is 122 Å². The van der Waals surface area contributed by atoms with Crippen LogP contribution < -0.4 is 11.1 Å². The second-order valence-electron chi connectivity index (χ2n) is 4.75. The van der Waals surface area contributed by atoms with Crippen molar-refractivity contribution in [3.05, 3.63) is 52.4 Å². The molecule has 3 N–H and O–H groups in total. The lowest BCUT2D eigenvalue weighted by Crippen LogP contribution is -2.26. The molecule has 0 saturated carbocycles. The molecule has 21 heavy (non-hydrogen) atoms. The lowest BCUT2D eigenvalue weighted by atomic mass is 10.1. The number of hydrogen-bond donors (Lipinski definition) is 2. The molecular weight excluding hydrogens is 270 g/mol. The van der Waals surface area contributed by atoms with Crippen LogP contribution in [0.2, 0.25) is 0 Å². The van der Waals surface area contributed by atoms with E-state index in [-0.39, 0.29) is 5.91 Å². The van der Waals surface area contributed by atoms with Gasteiger partial charge in [0.15, 0.2) is 0 Å². The summed E-state index contributed by atoms with van der Waals surface area (Å²) < 4.78 is 5.07. The van der Waals surface area contributed by atoms with E-state index in [1.807, 2.05) is 13.8 Å². The van der Waals surface area contributed by atoms with E-state index in [0.29, 0.717) is 24.1 Å². The Morgan fingerprint density at radius 3 is 2.33 bits per heavy atom. The fourth-order valence-electron chi connectivity index (χ4n) is 2.05. The van der Waals surface area contributed by atoms with Crippen LogP contribution in [0.4, 0.5) is 0 Å². The number of aromatic nitrogens is 1. The van der Waals surface area contributed by atoms with E-state index in [1.54, 1.807) is 12.1 Å². The number of primary amides is 1. The van der Waals surface area contributed by atoms with Crippen LogP contribution in [0, 0.1) is 13.8 Å². The first-order valence-corrected chi connectivity index (χ1v) is 6.59. The minimum absolute atomic E-state index is 0.196. The number of amides is 2. The number of rotatable bonds is 5. The average Bonchev–Trinajstić information content (AvgIpc) is 2.79. The van der Waals surface area contributed by atoms with Gasteiger partial charge in [0, 0.05) is 23.2 Å². The zero-order valence-electron chi connectivity index (χ0n) is 12.0. The third-order valence-corrected chi connectivity index (χ3v) is 3.27. The van der Waals surface area contributed by atoms with E-state index in [1.165, 1.54) is 12.1 Å². The quantitative estimate of drug-likeness (QED) is 0.867. The highest BCUT2D eigenvalue weighted by atomic mass is 16.5. The zero-order valence-corrected chi connectivity index (χ0v) is 12.0. The molecule has 2 rings (SSSR count). The first-order chi connectivity index (χ1) is 9.99. The number of nitrogens with zero attached hydrogens (tertiary/aromatic N) is 1. The van der Waals surface area contributed by atoms with E-state index >= 15 is 0 Å². The zero-order chi connectivity index (χ0) is 15.4. The molecule has 0 aliphatic carbocycles. The smallest absolute Gasteiger partial charge is 0.251 e. The molecular formula is C15H17N3O3. The van der Waals surface area contributed by atoms with Crippen molar-refractivity contribution in [3.8, 4) is 0 Å². The molecule has 0 aliphatic rings. The van der Waals surface area contributed by atoms with Crippen molar-refractivity contribution in [1.29, 1.82) is 0 Å². The summed E-state index contributed by atoms with van der Waals surface area (Å²) in [5, 5.41) is 6.68. The minimum Gasteiger partial charge on any atom is -0.366 e. The van der Waals surface area contributed by atoms with Gasteiger partial charge in [0.25, 0.3) is 5.91 Å². The summed E-state index contributed by atoms with van der Waals surface area (Å²) >= 11 is 0. The summed E-state index contributed by atoms with van der Waals surface area (Å²) in [5.74, 6) is 0.0608. The van der Waals surface area contributed by atoms with Crippen LogP contribution >= 0.6 is 0 Å². The molecule has 6 nitrogen and oxygen atoms in total. The number of nitrogens with one attached hydrogen (secondary N) is 1. The van der Waals surface area contributed by atoms with Gasteiger partial charge in [-0.05, 0) is 44.5 Å². The van der Waals surface area contributed by atoms with Gasteiger partial charge in [-0.25, -0.2) is 0 Å². The van der Waals surface area contributed by atoms with Gasteiger partial charge in [-0.15, -0.1) is 0 Å².